The van der Waals surface area contributed by atoms with Crippen molar-refractivity contribution >= 4 is 11.3 Å². The van der Waals surface area contributed by atoms with Crippen LogP contribution in [0.5, 0.6) is 0 Å². The average Bonchev–Trinajstić information content (AvgIpc) is 2.64. The van der Waals surface area contributed by atoms with E-state index in [1.807, 2.05) is 6.07 Å². The molecule has 0 bridgehead atoms. The van der Waals surface area contributed by atoms with Crippen molar-refractivity contribution in [1.29, 1.82) is 0 Å². The minimum atomic E-state index is 0.0463. The van der Waals surface area contributed by atoms with E-state index in [0.29, 0.717) is 0 Å². The summed E-state index contributed by atoms with van der Waals surface area (Å²) in [6, 6.07) is 4.14. The van der Waals surface area contributed by atoms with Crippen molar-refractivity contribution < 1.29 is 4.74 Å². The van der Waals surface area contributed by atoms with Crippen molar-refractivity contribution in [2.24, 2.45) is 0 Å². The monoisotopic (exact) mass is 206 g/mol. The third kappa shape index (κ3) is 1.81. The highest BCUT2D eigenvalue weighted by Gasteiger charge is 2.21. The molecule has 1 fully saturated rings. The molecule has 1 atom stereocenters. The van der Waals surface area contributed by atoms with Crippen molar-refractivity contribution in [1.82, 2.24) is 0 Å². The smallest absolute Gasteiger partial charge is 0.116 e. The second-order valence-corrected chi connectivity index (χ2v) is 4.48. The molecule has 0 spiro atoms. The summed E-state index contributed by atoms with van der Waals surface area (Å²) < 4.78 is 5.78. The second kappa shape index (κ2) is 4.11. The lowest BCUT2D eigenvalue weighted by molar-refractivity contribution is 0.0872. The van der Waals surface area contributed by atoms with Crippen molar-refractivity contribution in [3.63, 3.8) is 0 Å². The first kappa shape index (κ1) is 9.69. The predicted octanol–water partition coefficient (Wildman–Crippen LogP) is 3.71. The van der Waals surface area contributed by atoms with Crippen molar-refractivity contribution in [3.8, 4) is 0 Å². The first-order valence-corrected chi connectivity index (χ1v) is 5.69. The zero-order valence-corrected chi connectivity index (χ0v) is 8.98. The van der Waals surface area contributed by atoms with E-state index in [-0.39, 0.29) is 6.10 Å². The molecule has 1 aliphatic heterocycles. The zero-order valence-electron chi connectivity index (χ0n) is 8.16. The Morgan fingerprint density at radius 3 is 3.00 bits per heavy atom. The van der Waals surface area contributed by atoms with E-state index in [4.69, 9.17) is 4.74 Å². The molecule has 0 radical (unpaired) electrons. The minimum Gasteiger partial charge on any atom is -0.368 e. The molecule has 0 N–H and O–H groups in total. The van der Waals surface area contributed by atoms with Crippen molar-refractivity contribution in [2.45, 2.75) is 18.9 Å². The van der Waals surface area contributed by atoms with E-state index >= 15 is 0 Å². The van der Waals surface area contributed by atoms with Crippen LogP contribution in [-0.4, -0.2) is 6.61 Å². The molecule has 0 amide bonds. The number of ether oxygens (including phenoxy) is 1. The molecule has 1 aliphatic rings. The Kier molecular flexibility index (Phi) is 2.85. The van der Waals surface area contributed by atoms with Gasteiger partial charge in [-0.2, -0.15) is 0 Å². The Hall–Kier alpha value is -0.860. The fourth-order valence-corrected chi connectivity index (χ4v) is 2.43. The van der Waals surface area contributed by atoms with E-state index in [1.165, 1.54) is 4.88 Å². The van der Waals surface area contributed by atoms with E-state index in [9.17, 15) is 0 Å². The van der Waals surface area contributed by atoms with Gasteiger partial charge in [0.1, 0.15) is 6.10 Å². The van der Waals surface area contributed by atoms with Crippen LogP contribution in [0.1, 0.15) is 23.8 Å². The Labute approximate surface area is 88.7 Å². The van der Waals surface area contributed by atoms with Gasteiger partial charge in [0, 0.05) is 11.5 Å². The summed E-state index contributed by atoms with van der Waals surface area (Å²) >= 11 is 1.72. The van der Waals surface area contributed by atoms with Gasteiger partial charge in [-0.3, -0.25) is 0 Å². The molecular weight excluding hydrogens is 192 g/mol. The topological polar surface area (TPSA) is 9.23 Å². The molecule has 0 saturated carbocycles. The highest BCUT2D eigenvalue weighted by atomic mass is 32.1. The summed E-state index contributed by atoms with van der Waals surface area (Å²) in [6.07, 6.45) is 2.12. The lowest BCUT2D eigenvalue weighted by atomic mass is 10.0. The van der Waals surface area contributed by atoms with Gasteiger partial charge in [-0.05, 0) is 35.4 Å². The van der Waals surface area contributed by atoms with Gasteiger partial charge in [-0.1, -0.05) is 19.2 Å². The number of hydrogen-bond acceptors (Lipinski definition) is 2. The van der Waals surface area contributed by atoms with E-state index in [2.05, 4.69) is 24.6 Å². The van der Waals surface area contributed by atoms with Gasteiger partial charge in [-0.25, -0.2) is 0 Å². The molecule has 14 heavy (non-hydrogen) atoms. The third-order valence-corrected chi connectivity index (χ3v) is 3.40. The summed E-state index contributed by atoms with van der Waals surface area (Å²) in [5.41, 5.74) is 2.19. The Morgan fingerprint density at radius 1 is 1.43 bits per heavy atom. The molecule has 74 valence electrons. The molecule has 1 unspecified atom stereocenters. The van der Waals surface area contributed by atoms with Gasteiger partial charge in [-0.15, -0.1) is 11.3 Å². The second-order valence-electron chi connectivity index (χ2n) is 3.50. The first-order valence-electron chi connectivity index (χ1n) is 4.81. The number of thiophene rings is 1. The van der Waals surface area contributed by atoms with Gasteiger partial charge >= 0.3 is 0 Å². The van der Waals surface area contributed by atoms with Crippen LogP contribution in [0, 0.1) is 0 Å². The fraction of sp³-hybridized carbons (Fsp3) is 0.333. The molecule has 1 aromatic heterocycles. The summed E-state index contributed by atoms with van der Waals surface area (Å²) in [6.45, 7) is 8.92. The third-order valence-electron chi connectivity index (χ3n) is 2.48. The minimum absolute atomic E-state index is 0.0463. The molecule has 0 aliphatic carbocycles. The molecule has 1 nitrogen and oxygen atoms in total. The average molecular weight is 206 g/mol. The Balaban J connectivity index is 2.25. The van der Waals surface area contributed by atoms with Gasteiger partial charge in [0.25, 0.3) is 0 Å². The molecule has 0 aromatic carbocycles. The highest BCUT2D eigenvalue weighted by molar-refractivity contribution is 7.10. The van der Waals surface area contributed by atoms with Crippen LogP contribution >= 0.6 is 11.3 Å². The standard InChI is InChI=1S/C12H14OS/c1-9-5-3-7-13-12(10(9)2)11-6-4-8-14-11/h4,6,8,12H,1-3,5,7H2. The lowest BCUT2D eigenvalue weighted by Gasteiger charge is -2.16. The van der Waals surface area contributed by atoms with Gasteiger partial charge in [0.2, 0.25) is 0 Å². The first-order chi connectivity index (χ1) is 6.79. The molecule has 2 heterocycles. The molecule has 1 saturated heterocycles. The van der Waals surface area contributed by atoms with Gasteiger partial charge in [0.05, 0.1) is 0 Å². The van der Waals surface area contributed by atoms with E-state index < -0.39 is 0 Å². The van der Waals surface area contributed by atoms with E-state index in [1.54, 1.807) is 11.3 Å². The summed E-state index contributed by atoms with van der Waals surface area (Å²) in [5.74, 6) is 0. The predicted molar refractivity (Wildman–Crippen MR) is 60.5 cm³/mol. The van der Waals surface area contributed by atoms with Crippen molar-refractivity contribution in [2.75, 3.05) is 6.61 Å². The normalized spacial score (nSPS) is 23.6. The fourth-order valence-electron chi connectivity index (χ4n) is 1.63. The maximum absolute atomic E-state index is 5.78. The van der Waals surface area contributed by atoms with Crippen LogP contribution < -0.4 is 0 Å². The Bertz CT molecular complexity index is 337. The number of rotatable bonds is 1. The van der Waals surface area contributed by atoms with Crippen LogP contribution in [0.4, 0.5) is 0 Å². The van der Waals surface area contributed by atoms with Crippen molar-refractivity contribution in [3.05, 3.63) is 46.7 Å². The lowest BCUT2D eigenvalue weighted by Crippen LogP contribution is -2.03. The summed E-state index contributed by atoms with van der Waals surface area (Å²) in [5, 5.41) is 2.07. The summed E-state index contributed by atoms with van der Waals surface area (Å²) in [4.78, 5) is 1.23. The Morgan fingerprint density at radius 2 is 2.29 bits per heavy atom. The molecule has 2 heteroatoms. The van der Waals surface area contributed by atoms with Crippen LogP contribution in [0.15, 0.2) is 41.8 Å². The van der Waals surface area contributed by atoms with Crippen LogP contribution in [0.2, 0.25) is 0 Å². The maximum Gasteiger partial charge on any atom is 0.116 e. The molecule has 1 aromatic rings. The molecular formula is C12H14OS. The zero-order chi connectivity index (χ0) is 9.97. The van der Waals surface area contributed by atoms with Gasteiger partial charge < -0.3 is 4.74 Å². The SMILES string of the molecule is C=C1CCCOC(c2cccs2)C1=C. The quantitative estimate of drug-likeness (QED) is 0.680. The van der Waals surface area contributed by atoms with E-state index in [0.717, 1.165) is 30.6 Å². The largest absolute Gasteiger partial charge is 0.368 e. The van der Waals surface area contributed by atoms with Crippen LogP contribution in [0.3, 0.4) is 0 Å². The summed E-state index contributed by atoms with van der Waals surface area (Å²) in [7, 11) is 0. The van der Waals surface area contributed by atoms with Crippen LogP contribution in [0.25, 0.3) is 0 Å². The van der Waals surface area contributed by atoms with Crippen LogP contribution in [-0.2, 0) is 4.74 Å². The van der Waals surface area contributed by atoms with Gasteiger partial charge in [0.15, 0.2) is 0 Å². The highest BCUT2D eigenvalue weighted by Crippen LogP contribution is 2.35. The molecule has 2 rings (SSSR count). The maximum atomic E-state index is 5.78. The number of hydrogen-bond donors (Lipinski definition) is 0.